The van der Waals surface area contributed by atoms with Crippen molar-refractivity contribution in [1.29, 1.82) is 0 Å². The largest absolute Gasteiger partial charge is 0.376 e. The highest BCUT2D eigenvalue weighted by molar-refractivity contribution is 6.00. The molecule has 28 heavy (non-hydrogen) atoms. The van der Waals surface area contributed by atoms with E-state index in [2.05, 4.69) is 17.6 Å². The number of rotatable bonds is 6. The van der Waals surface area contributed by atoms with Crippen LogP contribution in [0.5, 0.6) is 0 Å². The average molecular weight is 380 g/mol. The van der Waals surface area contributed by atoms with Gasteiger partial charge in [-0.15, -0.1) is 0 Å². The highest BCUT2D eigenvalue weighted by Crippen LogP contribution is 2.18. The van der Waals surface area contributed by atoms with Crippen LogP contribution in [0.25, 0.3) is 0 Å². The molecule has 1 saturated heterocycles. The maximum absolute atomic E-state index is 12.7. The number of carbonyl (C=O) groups is 2. The summed E-state index contributed by atoms with van der Waals surface area (Å²) < 4.78 is 0. The first-order valence-corrected chi connectivity index (χ1v) is 10.0. The van der Waals surface area contributed by atoms with Gasteiger partial charge in [0.15, 0.2) is 0 Å². The van der Waals surface area contributed by atoms with Gasteiger partial charge in [-0.2, -0.15) is 0 Å². The molecule has 0 aliphatic carbocycles. The van der Waals surface area contributed by atoms with Crippen LogP contribution in [-0.2, 0) is 11.3 Å². The topological polar surface area (TPSA) is 61.4 Å². The molecule has 2 aromatic rings. The molecule has 2 N–H and O–H groups in total. The van der Waals surface area contributed by atoms with E-state index in [4.69, 9.17) is 0 Å². The van der Waals surface area contributed by atoms with Gasteiger partial charge in [0, 0.05) is 24.8 Å². The summed E-state index contributed by atoms with van der Waals surface area (Å²) in [4.78, 5) is 27.2. The number of nitrogens with one attached hydrogen (secondary N) is 2. The normalized spacial score (nSPS) is 16.5. The molecule has 0 radical (unpaired) electrons. The van der Waals surface area contributed by atoms with E-state index in [1.807, 2.05) is 54.3 Å². The first kappa shape index (κ1) is 19.9. The third-order valence-electron chi connectivity index (χ3n) is 5.30. The molecule has 1 atom stereocenters. The second-order valence-corrected chi connectivity index (χ2v) is 7.50. The molecule has 1 unspecified atom stereocenters. The van der Waals surface area contributed by atoms with Crippen molar-refractivity contribution in [2.45, 2.75) is 45.7 Å². The predicted molar refractivity (Wildman–Crippen MR) is 112 cm³/mol. The van der Waals surface area contributed by atoms with E-state index in [-0.39, 0.29) is 24.4 Å². The van der Waals surface area contributed by atoms with Gasteiger partial charge in [-0.1, -0.05) is 42.0 Å². The molecule has 1 aliphatic heterocycles. The Morgan fingerprint density at radius 3 is 2.57 bits per heavy atom. The summed E-state index contributed by atoms with van der Waals surface area (Å²) in [6.45, 7) is 5.63. The van der Waals surface area contributed by atoms with Gasteiger partial charge in [0.2, 0.25) is 5.91 Å². The van der Waals surface area contributed by atoms with Crippen molar-refractivity contribution >= 4 is 17.5 Å². The zero-order chi connectivity index (χ0) is 19.9. The van der Waals surface area contributed by atoms with Crippen molar-refractivity contribution < 1.29 is 9.59 Å². The van der Waals surface area contributed by atoms with Crippen molar-refractivity contribution in [3.63, 3.8) is 0 Å². The number of nitrogens with zero attached hydrogens (tertiary/aromatic N) is 1. The lowest BCUT2D eigenvalue weighted by Crippen LogP contribution is -2.44. The first-order valence-electron chi connectivity index (χ1n) is 10.0. The summed E-state index contributed by atoms with van der Waals surface area (Å²) in [5.74, 6) is -0.0652. The van der Waals surface area contributed by atoms with Gasteiger partial charge in [-0.25, -0.2) is 0 Å². The molecular weight excluding hydrogens is 350 g/mol. The molecule has 0 saturated carbocycles. The Labute approximate surface area is 167 Å². The quantitative estimate of drug-likeness (QED) is 0.804. The SMILES string of the molecule is Cc1ccc(CNC(=O)c2ccccc2NCC(=O)N2CCCCC2C)cc1. The van der Waals surface area contributed by atoms with Gasteiger partial charge in [-0.3, -0.25) is 9.59 Å². The van der Waals surface area contributed by atoms with Crippen molar-refractivity contribution in [2.24, 2.45) is 0 Å². The van der Waals surface area contributed by atoms with Gasteiger partial charge in [-0.05, 0) is 50.8 Å². The summed E-state index contributed by atoms with van der Waals surface area (Å²) in [5, 5.41) is 6.12. The van der Waals surface area contributed by atoms with E-state index in [1.165, 1.54) is 12.0 Å². The second kappa shape index (κ2) is 9.40. The van der Waals surface area contributed by atoms with Crippen LogP contribution in [0.1, 0.15) is 47.7 Å². The number of amides is 2. The molecule has 1 heterocycles. The minimum Gasteiger partial charge on any atom is -0.376 e. The highest BCUT2D eigenvalue weighted by Gasteiger charge is 2.23. The Morgan fingerprint density at radius 2 is 1.82 bits per heavy atom. The molecule has 1 aliphatic rings. The molecule has 3 rings (SSSR count). The molecule has 5 heteroatoms. The summed E-state index contributed by atoms with van der Waals surface area (Å²) in [6, 6.07) is 15.7. The van der Waals surface area contributed by atoms with Crippen LogP contribution in [-0.4, -0.2) is 35.8 Å². The van der Waals surface area contributed by atoms with E-state index in [0.29, 0.717) is 17.8 Å². The van der Waals surface area contributed by atoms with Crippen LogP contribution < -0.4 is 10.6 Å². The zero-order valence-corrected chi connectivity index (χ0v) is 16.7. The Kier molecular flexibility index (Phi) is 6.69. The first-order chi connectivity index (χ1) is 13.5. The van der Waals surface area contributed by atoms with Crippen LogP contribution in [0.3, 0.4) is 0 Å². The van der Waals surface area contributed by atoms with Crippen LogP contribution in [0.4, 0.5) is 5.69 Å². The Morgan fingerprint density at radius 1 is 1.07 bits per heavy atom. The fraction of sp³-hybridized carbons (Fsp3) is 0.391. The fourth-order valence-electron chi connectivity index (χ4n) is 3.56. The van der Waals surface area contributed by atoms with Crippen LogP contribution in [0, 0.1) is 6.92 Å². The number of hydrogen-bond donors (Lipinski definition) is 2. The Bertz CT molecular complexity index is 817. The van der Waals surface area contributed by atoms with Gasteiger partial charge in [0.25, 0.3) is 5.91 Å². The van der Waals surface area contributed by atoms with E-state index in [9.17, 15) is 9.59 Å². The number of benzene rings is 2. The number of para-hydroxylation sites is 1. The Hall–Kier alpha value is -2.82. The van der Waals surface area contributed by atoms with E-state index in [0.717, 1.165) is 24.9 Å². The van der Waals surface area contributed by atoms with Gasteiger partial charge in [0.1, 0.15) is 0 Å². The number of hydrogen-bond acceptors (Lipinski definition) is 3. The van der Waals surface area contributed by atoms with Crippen molar-refractivity contribution in [2.75, 3.05) is 18.4 Å². The number of aryl methyl sites for hydroxylation is 1. The van der Waals surface area contributed by atoms with Gasteiger partial charge >= 0.3 is 0 Å². The minimum atomic E-state index is -0.150. The summed E-state index contributed by atoms with van der Waals surface area (Å²) in [5.41, 5.74) is 3.48. The van der Waals surface area contributed by atoms with Crippen LogP contribution in [0.15, 0.2) is 48.5 Å². The third kappa shape index (κ3) is 5.12. The molecule has 0 bridgehead atoms. The summed E-state index contributed by atoms with van der Waals surface area (Å²) in [7, 11) is 0. The molecule has 2 amide bonds. The highest BCUT2D eigenvalue weighted by atomic mass is 16.2. The van der Waals surface area contributed by atoms with Crippen LogP contribution in [0.2, 0.25) is 0 Å². The maximum Gasteiger partial charge on any atom is 0.253 e. The molecule has 5 nitrogen and oxygen atoms in total. The second-order valence-electron chi connectivity index (χ2n) is 7.50. The van der Waals surface area contributed by atoms with Crippen molar-refractivity contribution in [3.8, 4) is 0 Å². The fourth-order valence-corrected chi connectivity index (χ4v) is 3.56. The average Bonchev–Trinajstić information content (AvgIpc) is 2.72. The number of carbonyl (C=O) groups excluding carboxylic acids is 2. The lowest BCUT2D eigenvalue weighted by molar-refractivity contribution is -0.132. The summed E-state index contributed by atoms with van der Waals surface area (Å²) >= 11 is 0. The molecule has 2 aromatic carbocycles. The maximum atomic E-state index is 12.7. The monoisotopic (exact) mass is 379 g/mol. The minimum absolute atomic E-state index is 0.0852. The lowest BCUT2D eigenvalue weighted by atomic mass is 10.0. The van der Waals surface area contributed by atoms with E-state index in [1.54, 1.807) is 6.07 Å². The smallest absolute Gasteiger partial charge is 0.253 e. The number of anilines is 1. The number of likely N-dealkylation sites (tertiary alicyclic amines) is 1. The van der Waals surface area contributed by atoms with Gasteiger partial charge in [0.05, 0.1) is 12.1 Å². The molecule has 0 spiro atoms. The standard InChI is InChI=1S/C23H29N3O2/c1-17-10-12-19(13-11-17)15-25-23(28)20-8-3-4-9-21(20)24-16-22(27)26-14-6-5-7-18(26)2/h3-4,8-13,18,24H,5-7,14-16H2,1-2H3,(H,25,28). The molecule has 0 aromatic heterocycles. The zero-order valence-electron chi connectivity index (χ0n) is 16.7. The Balaban J connectivity index is 1.59. The van der Waals surface area contributed by atoms with E-state index < -0.39 is 0 Å². The van der Waals surface area contributed by atoms with E-state index >= 15 is 0 Å². The van der Waals surface area contributed by atoms with Crippen LogP contribution >= 0.6 is 0 Å². The molecule has 1 fully saturated rings. The number of piperidine rings is 1. The predicted octanol–water partition coefficient (Wildman–Crippen LogP) is 3.74. The van der Waals surface area contributed by atoms with Crippen molar-refractivity contribution in [1.82, 2.24) is 10.2 Å². The van der Waals surface area contributed by atoms with Crippen molar-refractivity contribution in [3.05, 3.63) is 65.2 Å². The van der Waals surface area contributed by atoms with Gasteiger partial charge < -0.3 is 15.5 Å². The lowest BCUT2D eigenvalue weighted by Gasteiger charge is -2.33. The summed E-state index contributed by atoms with van der Waals surface area (Å²) in [6.07, 6.45) is 3.31. The molecule has 148 valence electrons. The third-order valence-corrected chi connectivity index (χ3v) is 5.30. The molecular formula is C23H29N3O2.